The maximum Gasteiger partial charge on any atom is 0.0965 e. The van der Waals surface area contributed by atoms with E-state index in [9.17, 15) is 5.11 Å². The smallest absolute Gasteiger partial charge is 0.0965 e. The molecule has 1 saturated carbocycles. The lowest BCUT2D eigenvalue weighted by Crippen LogP contribution is -2.35. The summed E-state index contributed by atoms with van der Waals surface area (Å²) in [6.45, 7) is 4.31. The third-order valence-corrected chi connectivity index (χ3v) is 4.04. The van der Waals surface area contributed by atoms with Crippen LogP contribution in [0.15, 0.2) is 24.7 Å². The number of hydrogen-bond acceptors (Lipinski definition) is 5. The van der Waals surface area contributed by atoms with E-state index in [4.69, 9.17) is 0 Å². The number of aliphatic hydroxyl groups excluding tert-OH is 1. The molecule has 0 aromatic carbocycles. The molecule has 7 nitrogen and oxygen atoms in total. The van der Waals surface area contributed by atoms with Crippen molar-refractivity contribution in [3.63, 3.8) is 0 Å². The van der Waals surface area contributed by atoms with E-state index in [1.165, 1.54) is 0 Å². The fourth-order valence-electron chi connectivity index (χ4n) is 2.96. The van der Waals surface area contributed by atoms with Gasteiger partial charge in [-0.25, -0.2) is 0 Å². The molecule has 0 radical (unpaired) electrons. The van der Waals surface area contributed by atoms with Gasteiger partial charge in [0.15, 0.2) is 0 Å². The minimum atomic E-state index is -0.299. The van der Waals surface area contributed by atoms with Crippen molar-refractivity contribution in [2.45, 2.75) is 51.5 Å². The van der Waals surface area contributed by atoms with Crippen molar-refractivity contribution in [1.82, 2.24) is 30.1 Å². The maximum atomic E-state index is 10.2. The van der Waals surface area contributed by atoms with Gasteiger partial charge in [-0.05, 0) is 31.7 Å². The van der Waals surface area contributed by atoms with Crippen molar-refractivity contribution >= 4 is 0 Å². The van der Waals surface area contributed by atoms with Crippen molar-refractivity contribution in [3.8, 4) is 0 Å². The Hall–Kier alpha value is -1.73. The van der Waals surface area contributed by atoms with E-state index in [2.05, 4.69) is 20.6 Å². The summed E-state index contributed by atoms with van der Waals surface area (Å²) in [6.07, 6.45) is 7.02. The summed E-state index contributed by atoms with van der Waals surface area (Å²) in [7, 11) is 0. The second-order valence-electron chi connectivity index (χ2n) is 5.64. The van der Waals surface area contributed by atoms with Crippen LogP contribution in [0.5, 0.6) is 0 Å². The predicted octanol–water partition coefficient (Wildman–Crippen LogP) is 0.424. The van der Waals surface area contributed by atoms with Gasteiger partial charge in [0.1, 0.15) is 0 Å². The summed E-state index contributed by atoms with van der Waals surface area (Å²) in [6, 6.07) is 2.05. The van der Waals surface area contributed by atoms with Gasteiger partial charge < -0.3 is 10.4 Å². The van der Waals surface area contributed by atoms with Crippen LogP contribution in [0.25, 0.3) is 0 Å². The first-order chi connectivity index (χ1) is 10.2. The molecule has 3 atom stereocenters. The highest BCUT2D eigenvalue weighted by atomic mass is 16.3. The van der Waals surface area contributed by atoms with Crippen molar-refractivity contribution in [3.05, 3.63) is 30.4 Å². The molecule has 0 spiro atoms. The first-order valence-corrected chi connectivity index (χ1v) is 7.52. The van der Waals surface area contributed by atoms with Gasteiger partial charge >= 0.3 is 0 Å². The van der Waals surface area contributed by atoms with E-state index in [0.29, 0.717) is 12.5 Å². The van der Waals surface area contributed by atoms with E-state index < -0.39 is 0 Å². The molecule has 0 aliphatic heterocycles. The first kappa shape index (κ1) is 14.2. The standard InChI is InChI=1S/C14H22N6O/c1-2-20-17-9-12(18-20)8-15-13-6-11(7-14(13)21)10-19-5-3-4-16-19/h3-5,9,11,13-15,21H,2,6-8,10H2,1H3/t11?,13-,14-/m1/s1. The number of rotatable bonds is 6. The van der Waals surface area contributed by atoms with Crippen molar-refractivity contribution in [2.24, 2.45) is 5.92 Å². The summed E-state index contributed by atoms with van der Waals surface area (Å²) in [4.78, 5) is 1.67. The number of aryl methyl sites for hydroxylation is 1. The molecule has 1 fully saturated rings. The number of aliphatic hydroxyl groups is 1. The van der Waals surface area contributed by atoms with Gasteiger partial charge in [0.05, 0.1) is 24.5 Å². The van der Waals surface area contributed by atoms with Crippen molar-refractivity contribution in [1.29, 1.82) is 0 Å². The zero-order valence-corrected chi connectivity index (χ0v) is 12.3. The van der Waals surface area contributed by atoms with Gasteiger partial charge in [0.25, 0.3) is 0 Å². The van der Waals surface area contributed by atoms with Gasteiger partial charge in [-0.15, -0.1) is 0 Å². The second kappa shape index (κ2) is 6.36. The Kier molecular flexibility index (Phi) is 4.31. The Morgan fingerprint density at radius 1 is 1.38 bits per heavy atom. The zero-order valence-electron chi connectivity index (χ0n) is 12.3. The SMILES string of the molecule is CCn1ncc(CN[C@@H]2CC(Cn3cccn3)C[C@H]2O)n1. The normalized spacial score (nSPS) is 25.5. The monoisotopic (exact) mass is 290 g/mol. The third kappa shape index (κ3) is 3.48. The highest BCUT2D eigenvalue weighted by Gasteiger charge is 2.32. The van der Waals surface area contributed by atoms with Crippen LogP contribution in [-0.4, -0.2) is 42.0 Å². The molecule has 0 amide bonds. The molecule has 114 valence electrons. The fraction of sp³-hybridized carbons (Fsp3) is 0.643. The number of hydrogen-bond donors (Lipinski definition) is 2. The van der Waals surface area contributed by atoms with Gasteiger partial charge in [-0.3, -0.25) is 4.68 Å². The van der Waals surface area contributed by atoms with Crippen LogP contribution in [0.1, 0.15) is 25.5 Å². The molecular weight excluding hydrogens is 268 g/mol. The van der Waals surface area contributed by atoms with Crippen molar-refractivity contribution < 1.29 is 5.11 Å². The first-order valence-electron chi connectivity index (χ1n) is 7.52. The van der Waals surface area contributed by atoms with Gasteiger partial charge in [0.2, 0.25) is 0 Å². The van der Waals surface area contributed by atoms with E-state index in [-0.39, 0.29) is 12.1 Å². The van der Waals surface area contributed by atoms with E-state index in [1.807, 2.05) is 23.9 Å². The van der Waals surface area contributed by atoms with Crippen molar-refractivity contribution in [2.75, 3.05) is 0 Å². The number of nitrogens with one attached hydrogen (secondary N) is 1. The molecule has 2 heterocycles. The average molecular weight is 290 g/mol. The van der Waals surface area contributed by atoms with Crippen LogP contribution < -0.4 is 5.32 Å². The highest BCUT2D eigenvalue weighted by Crippen LogP contribution is 2.27. The summed E-state index contributed by atoms with van der Waals surface area (Å²) < 4.78 is 1.94. The van der Waals surface area contributed by atoms with Crippen LogP contribution in [0.3, 0.4) is 0 Å². The summed E-state index contributed by atoms with van der Waals surface area (Å²) in [5.41, 5.74) is 0.916. The average Bonchev–Trinajstić information content (AvgIpc) is 3.19. The molecule has 7 heteroatoms. The fourth-order valence-corrected chi connectivity index (χ4v) is 2.96. The van der Waals surface area contributed by atoms with Crippen LogP contribution in [0.4, 0.5) is 0 Å². The molecule has 1 aliphatic rings. The van der Waals surface area contributed by atoms with Gasteiger partial charge in [-0.1, -0.05) is 0 Å². The number of nitrogens with zero attached hydrogens (tertiary/aromatic N) is 5. The predicted molar refractivity (Wildman–Crippen MR) is 77.3 cm³/mol. The lowest BCUT2D eigenvalue weighted by atomic mass is 10.1. The number of aromatic nitrogens is 5. The molecule has 2 aromatic heterocycles. The molecule has 2 N–H and O–H groups in total. The topological polar surface area (TPSA) is 80.8 Å². The van der Waals surface area contributed by atoms with Crippen LogP contribution in [-0.2, 0) is 19.6 Å². The van der Waals surface area contributed by atoms with Gasteiger partial charge in [0, 0.05) is 31.5 Å². The highest BCUT2D eigenvalue weighted by molar-refractivity contribution is 4.95. The Morgan fingerprint density at radius 3 is 3.00 bits per heavy atom. The molecule has 2 aromatic rings. The summed E-state index contributed by atoms with van der Waals surface area (Å²) in [5, 5.41) is 26.3. The Morgan fingerprint density at radius 2 is 2.29 bits per heavy atom. The molecular formula is C14H22N6O. The summed E-state index contributed by atoms with van der Waals surface area (Å²) in [5.74, 6) is 0.462. The molecule has 1 unspecified atom stereocenters. The molecule has 0 bridgehead atoms. The van der Waals surface area contributed by atoms with Crippen LogP contribution >= 0.6 is 0 Å². The minimum Gasteiger partial charge on any atom is -0.391 e. The van der Waals surface area contributed by atoms with E-state index >= 15 is 0 Å². The lowest BCUT2D eigenvalue weighted by molar-refractivity contribution is 0.145. The third-order valence-electron chi connectivity index (χ3n) is 4.04. The molecule has 3 rings (SSSR count). The van der Waals surface area contributed by atoms with Gasteiger partial charge in [-0.2, -0.15) is 20.1 Å². The van der Waals surface area contributed by atoms with E-state index in [0.717, 1.165) is 31.6 Å². The second-order valence-corrected chi connectivity index (χ2v) is 5.64. The zero-order chi connectivity index (χ0) is 14.7. The summed E-state index contributed by atoms with van der Waals surface area (Å²) >= 11 is 0. The Balaban J connectivity index is 1.49. The largest absolute Gasteiger partial charge is 0.391 e. The Labute approximate surface area is 124 Å². The molecule has 0 saturated heterocycles. The van der Waals surface area contributed by atoms with Crippen LogP contribution in [0.2, 0.25) is 0 Å². The Bertz CT molecular complexity index is 552. The van der Waals surface area contributed by atoms with Crippen LogP contribution in [0, 0.1) is 5.92 Å². The maximum absolute atomic E-state index is 10.2. The quantitative estimate of drug-likeness (QED) is 0.806. The van der Waals surface area contributed by atoms with E-state index in [1.54, 1.807) is 17.2 Å². The molecule has 1 aliphatic carbocycles. The molecule has 21 heavy (non-hydrogen) atoms. The minimum absolute atomic E-state index is 0.123. The lowest BCUT2D eigenvalue weighted by Gasteiger charge is -2.15.